The van der Waals surface area contributed by atoms with Crippen molar-refractivity contribution in [1.82, 2.24) is 4.98 Å². The van der Waals surface area contributed by atoms with Gasteiger partial charge in [-0.25, -0.2) is 0 Å². The number of carbonyl (C=O) groups excluding carboxylic acids is 1. The van der Waals surface area contributed by atoms with Gasteiger partial charge in [0.2, 0.25) is 5.91 Å². The number of carbonyl (C=O) groups is 1. The fraction of sp³-hybridized carbons (Fsp3) is 0.214. The zero-order valence-electron chi connectivity index (χ0n) is 10.8. The monoisotopic (exact) mass is 273 g/mol. The van der Waals surface area contributed by atoms with E-state index in [1.54, 1.807) is 20.0 Å². The van der Waals surface area contributed by atoms with Crippen LogP contribution < -0.4 is 11.1 Å². The maximum atomic E-state index is 12.2. The van der Waals surface area contributed by atoms with E-state index in [9.17, 15) is 4.79 Å². The van der Waals surface area contributed by atoms with Gasteiger partial charge in [-0.3, -0.25) is 9.78 Å². The molecule has 0 spiro atoms. The van der Waals surface area contributed by atoms with Crippen LogP contribution in [0.3, 0.4) is 0 Å². The van der Waals surface area contributed by atoms with Crippen LogP contribution in [0.4, 0.5) is 5.69 Å². The number of nitrogens with zero attached hydrogens (tertiary/aromatic N) is 1. The number of para-hydroxylation sites is 1. The summed E-state index contributed by atoms with van der Waals surface area (Å²) in [5, 5.41) is 3.80. The van der Waals surface area contributed by atoms with Crippen molar-refractivity contribution in [2.75, 3.05) is 5.32 Å². The van der Waals surface area contributed by atoms with Crippen LogP contribution in [0.15, 0.2) is 36.5 Å². The lowest BCUT2D eigenvalue weighted by atomic mass is 9.92. The molecule has 19 heavy (non-hydrogen) atoms. The van der Waals surface area contributed by atoms with Gasteiger partial charge in [0.05, 0.1) is 21.6 Å². The number of nitrogens with one attached hydrogen (secondary N) is 1. The molecule has 0 atom stereocenters. The number of rotatable bonds is 3. The van der Waals surface area contributed by atoms with E-state index in [-0.39, 0.29) is 10.9 Å². The summed E-state index contributed by atoms with van der Waals surface area (Å²) in [6, 6.07) is 9.41. The standard InChI is InChI=1S/C14H15N3OS/c1-14(2,12(15)19)13(18)17-10-7-3-5-9-6-4-8-16-11(9)10/h3-8H,1-2H3,(H2,15,19)(H,17,18). The van der Waals surface area contributed by atoms with Gasteiger partial charge in [0, 0.05) is 11.6 Å². The number of pyridine rings is 1. The van der Waals surface area contributed by atoms with Crippen molar-refractivity contribution in [2.45, 2.75) is 13.8 Å². The van der Waals surface area contributed by atoms with Crippen molar-refractivity contribution in [3.05, 3.63) is 36.5 Å². The lowest BCUT2D eigenvalue weighted by molar-refractivity contribution is -0.121. The molecule has 1 aromatic heterocycles. The summed E-state index contributed by atoms with van der Waals surface area (Å²) in [4.78, 5) is 16.7. The summed E-state index contributed by atoms with van der Waals surface area (Å²) < 4.78 is 0. The largest absolute Gasteiger partial charge is 0.392 e. The average molecular weight is 273 g/mol. The van der Waals surface area contributed by atoms with Gasteiger partial charge in [-0.1, -0.05) is 30.4 Å². The first-order valence-electron chi connectivity index (χ1n) is 5.88. The summed E-state index contributed by atoms with van der Waals surface area (Å²) >= 11 is 4.92. The summed E-state index contributed by atoms with van der Waals surface area (Å²) in [7, 11) is 0. The molecule has 0 radical (unpaired) electrons. The highest BCUT2D eigenvalue weighted by Crippen LogP contribution is 2.24. The molecule has 3 N–H and O–H groups in total. The van der Waals surface area contributed by atoms with E-state index in [0.717, 1.165) is 10.9 Å². The van der Waals surface area contributed by atoms with Gasteiger partial charge in [0.1, 0.15) is 0 Å². The number of hydrogen-bond donors (Lipinski definition) is 2. The van der Waals surface area contributed by atoms with E-state index in [1.165, 1.54) is 0 Å². The Morgan fingerprint density at radius 1 is 1.32 bits per heavy atom. The summed E-state index contributed by atoms with van der Waals surface area (Å²) in [6.07, 6.45) is 1.69. The fourth-order valence-corrected chi connectivity index (χ4v) is 1.69. The Morgan fingerprint density at radius 3 is 2.68 bits per heavy atom. The average Bonchev–Trinajstić information content (AvgIpc) is 2.39. The molecule has 2 aromatic rings. The first-order valence-corrected chi connectivity index (χ1v) is 6.29. The highest BCUT2D eigenvalue weighted by molar-refractivity contribution is 7.80. The number of benzene rings is 1. The molecule has 0 saturated heterocycles. The van der Waals surface area contributed by atoms with Crippen molar-refractivity contribution < 1.29 is 4.79 Å². The lowest BCUT2D eigenvalue weighted by Gasteiger charge is -2.22. The summed E-state index contributed by atoms with van der Waals surface area (Å²) in [5.74, 6) is -0.238. The quantitative estimate of drug-likeness (QED) is 0.843. The van der Waals surface area contributed by atoms with E-state index >= 15 is 0 Å². The Kier molecular flexibility index (Phi) is 3.48. The number of fused-ring (bicyclic) bond motifs is 1. The topological polar surface area (TPSA) is 68.0 Å². The predicted octanol–water partition coefficient (Wildman–Crippen LogP) is 2.49. The maximum Gasteiger partial charge on any atom is 0.236 e. The van der Waals surface area contributed by atoms with Gasteiger partial charge in [-0.05, 0) is 26.0 Å². The minimum Gasteiger partial charge on any atom is -0.392 e. The molecular weight excluding hydrogens is 258 g/mol. The van der Waals surface area contributed by atoms with Crippen molar-refractivity contribution in [3.8, 4) is 0 Å². The first-order chi connectivity index (χ1) is 8.93. The molecule has 0 aliphatic rings. The van der Waals surface area contributed by atoms with E-state index in [2.05, 4.69) is 10.3 Å². The van der Waals surface area contributed by atoms with Gasteiger partial charge >= 0.3 is 0 Å². The molecule has 4 nitrogen and oxygen atoms in total. The van der Waals surface area contributed by atoms with E-state index in [0.29, 0.717) is 5.69 Å². The zero-order valence-corrected chi connectivity index (χ0v) is 11.6. The molecule has 1 heterocycles. The van der Waals surface area contributed by atoms with Crippen LogP contribution in [0.25, 0.3) is 10.9 Å². The molecule has 98 valence electrons. The first kappa shape index (κ1) is 13.4. The third kappa shape index (κ3) is 2.56. The number of thiocarbonyl (C=S) groups is 1. The lowest BCUT2D eigenvalue weighted by Crippen LogP contribution is -2.41. The summed E-state index contributed by atoms with van der Waals surface area (Å²) in [6.45, 7) is 3.40. The second kappa shape index (κ2) is 4.93. The molecule has 0 bridgehead atoms. The Bertz CT molecular complexity index is 647. The van der Waals surface area contributed by atoms with Crippen LogP contribution in [-0.4, -0.2) is 15.9 Å². The van der Waals surface area contributed by atoms with Crippen molar-refractivity contribution in [1.29, 1.82) is 0 Å². The van der Waals surface area contributed by atoms with Crippen LogP contribution >= 0.6 is 12.2 Å². The minimum absolute atomic E-state index is 0.165. The molecule has 1 amide bonds. The van der Waals surface area contributed by atoms with Gasteiger partial charge in [0.25, 0.3) is 0 Å². The van der Waals surface area contributed by atoms with E-state index in [4.69, 9.17) is 18.0 Å². The molecule has 0 unspecified atom stereocenters. The number of aromatic nitrogens is 1. The normalized spacial score (nSPS) is 11.3. The van der Waals surface area contributed by atoms with Gasteiger partial charge in [-0.2, -0.15) is 0 Å². The highest BCUT2D eigenvalue weighted by atomic mass is 32.1. The van der Waals surface area contributed by atoms with Gasteiger partial charge in [-0.15, -0.1) is 0 Å². The van der Waals surface area contributed by atoms with E-state index < -0.39 is 5.41 Å². The third-order valence-electron chi connectivity index (χ3n) is 3.06. The van der Waals surface area contributed by atoms with E-state index in [1.807, 2.05) is 30.3 Å². The number of anilines is 1. The second-order valence-corrected chi connectivity index (χ2v) is 5.26. The van der Waals surface area contributed by atoms with Crippen molar-refractivity contribution in [2.24, 2.45) is 11.1 Å². The third-order valence-corrected chi connectivity index (χ3v) is 3.57. The molecule has 1 aromatic carbocycles. The Hall–Kier alpha value is -2.01. The molecule has 0 saturated carbocycles. The Balaban J connectivity index is 2.37. The number of hydrogen-bond acceptors (Lipinski definition) is 3. The SMILES string of the molecule is CC(C)(C(=O)Nc1cccc2cccnc12)C(N)=S. The molecule has 0 aliphatic carbocycles. The van der Waals surface area contributed by atoms with Crippen LogP contribution in [-0.2, 0) is 4.79 Å². The van der Waals surface area contributed by atoms with Gasteiger partial charge < -0.3 is 11.1 Å². The van der Waals surface area contributed by atoms with Crippen LogP contribution in [0.1, 0.15) is 13.8 Å². The number of amides is 1. The van der Waals surface area contributed by atoms with Crippen LogP contribution in [0.2, 0.25) is 0 Å². The molecule has 5 heteroatoms. The maximum absolute atomic E-state index is 12.2. The van der Waals surface area contributed by atoms with Crippen LogP contribution in [0.5, 0.6) is 0 Å². The highest BCUT2D eigenvalue weighted by Gasteiger charge is 2.31. The molecule has 0 aliphatic heterocycles. The predicted molar refractivity (Wildman–Crippen MR) is 80.9 cm³/mol. The Labute approximate surface area is 117 Å². The zero-order chi connectivity index (χ0) is 14.0. The Morgan fingerprint density at radius 2 is 2.00 bits per heavy atom. The summed E-state index contributed by atoms with van der Waals surface area (Å²) in [5.41, 5.74) is 6.10. The van der Waals surface area contributed by atoms with Crippen molar-refractivity contribution in [3.63, 3.8) is 0 Å². The molecule has 2 rings (SSSR count). The minimum atomic E-state index is -0.897. The fourth-order valence-electron chi connectivity index (χ4n) is 1.60. The number of nitrogens with two attached hydrogens (primary N) is 1. The second-order valence-electron chi connectivity index (χ2n) is 4.82. The van der Waals surface area contributed by atoms with Crippen LogP contribution in [0, 0.1) is 5.41 Å². The van der Waals surface area contributed by atoms with Crippen molar-refractivity contribution >= 4 is 39.7 Å². The molecule has 0 fully saturated rings. The smallest absolute Gasteiger partial charge is 0.236 e. The van der Waals surface area contributed by atoms with Gasteiger partial charge in [0.15, 0.2) is 0 Å². The molecular formula is C14H15N3OS.